The zero-order chi connectivity index (χ0) is 27.6. The van der Waals surface area contributed by atoms with Crippen LogP contribution in [0, 0.1) is 0 Å². The Balaban J connectivity index is 1.27. The number of benzene rings is 3. The fourth-order valence-corrected chi connectivity index (χ4v) is 4.98. The number of hydrogen-bond donors (Lipinski definition) is 0. The quantitative estimate of drug-likeness (QED) is 0.154. The van der Waals surface area contributed by atoms with Crippen LogP contribution in [0.4, 0.5) is 0 Å². The first-order chi connectivity index (χ1) is 19.5. The first-order valence-corrected chi connectivity index (χ1v) is 12.8. The Morgan fingerprint density at radius 1 is 0.925 bits per heavy atom. The zero-order valence-electron chi connectivity index (χ0n) is 22.0. The lowest BCUT2D eigenvalue weighted by Crippen LogP contribution is -2.21. The van der Waals surface area contributed by atoms with Crippen LogP contribution in [-0.2, 0) is 11.2 Å². The predicted octanol–water partition coefficient (Wildman–Crippen LogP) is 5.98. The molecule has 0 radical (unpaired) electrons. The summed E-state index contributed by atoms with van der Waals surface area (Å²) >= 11 is 0. The minimum atomic E-state index is -0.413. The van der Waals surface area contributed by atoms with Crippen LogP contribution in [0.15, 0.2) is 83.2 Å². The van der Waals surface area contributed by atoms with Crippen molar-refractivity contribution < 1.29 is 37.7 Å². The molecular formula is C32H26O8. The molecule has 8 heteroatoms. The van der Waals surface area contributed by atoms with Crippen LogP contribution in [-0.4, -0.2) is 32.6 Å². The number of rotatable bonds is 8. The summed E-state index contributed by atoms with van der Waals surface area (Å²) in [7, 11) is 3.21. The van der Waals surface area contributed by atoms with Crippen molar-refractivity contribution >= 4 is 17.8 Å². The van der Waals surface area contributed by atoms with E-state index in [2.05, 4.69) is 0 Å². The molecule has 0 bridgehead atoms. The van der Waals surface area contributed by atoms with E-state index in [-0.39, 0.29) is 23.9 Å². The van der Waals surface area contributed by atoms with E-state index in [4.69, 9.17) is 28.1 Å². The second-order valence-electron chi connectivity index (χ2n) is 9.40. The zero-order valence-corrected chi connectivity index (χ0v) is 22.0. The van der Waals surface area contributed by atoms with Crippen molar-refractivity contribution in [1.82, 2.24) is 0 Å². The van der Waals surface area contributed by atoms with Crippen molar-refractivity contribution in [2.75, 3.05) is 20.8 Å². The Bertz CT molecular complexity index is 1600. The highest BCUT2D eigenvalue weighted by Crippen LogP contribution is 2.49. The summed E-state index contributed by atoms with van der Waals surface area (Å²) in [5, 5.41) is 0. The number of carbonyl (C=O) groups excluding carboxylic acids is 2. The molecular weight excluding hydrogens is 512 g/mol. The summed E-state index contributed by atoms with van der Waals surface area (Å²) in [6, 6.07) is 20.2. The van der Waals surface area contributed by atoms with Crippen LogP contribution < -0.4 is 23.7 Å². The Labute approximate surface area is 230 Å². The number of methoxy groups -OCH3 is 2. The maximum absolute atomic E-state index is 13.1. The molecule has 1 aromatic heterocycles. The van der Waals surface area contributed by atoms with Gasteiger partial charge in [-0.25, -0.2) is 0 Å². The Hall–Kier alpha value is -4.98. The lowest BCUT2D eigenvalue weighted by molar-refractivity contribution is -0.135. The van der Waals surface area contributed by atoms with Gasteiger partial charge in [-0.15, -0.1) is 0 Å². The average molecular weight is 539 g/mol. The van der Waals surface area contributed by atoms with Gasteiger partial charge in [-0.05, 0) is 59.7 Å². The van der Waals surface area contributed by atoms with Crippen LogP contribution in [0.3, 0.4) is 0 Å². The van der Waals surface area contributed by atoms with E-state index >= 15 is 0 Å². The van der Waals surface area contributed by atoms with E-state index < -0.39 is 5.92 Å². The normalized spacial score (nSPS) is 16.6. The largest absolute Gasteiger partial charge is 0.497 e. The lowest BCUT2D eigenvalue weighted by atomic mass is 9.84. The van der Waals surface area contributed by atoms with Gasteiger partial charge in [0.25, 0.3) is 0 Å². The first-order valence-electron chi connectivity index (χ1n) is 12.8. The second-order valence-corrected chi connectivity index (χ2v) is 9.40. The third-order valence-electron chi connectivity index (χ3n) is 6.99. The number of allylic oxidation sites excluding steroid dienone is 1. The van der Waals surface area contributed by atoms with Crippen molar-refractivity contribution in [1.29, 1.82) is 0 Å². The molecule has 0 saturated carbocycles. The highest BCUT2D eigenvalue weighted by molar-refractivity contribution is 6.15. The van der Waals surface area contributed by atoms with Crippen LogP contribution in [0.25, 0.3) is 6.08 Å². The lowest BCUT2D eigenvalue weighted by Gasteiger charge is -2.26. The highest BCUT2D eigenvalue weighted by atomic mass is 16.5. The van der Waals surface area contributed by atoms with E-state index in [9.17, 15) is 9.59 Å². The molecule has 0 spiro atoms. The molecule has 2 aliphatic rings. The Kier molecular flexibility index (Phi) is 6.74. The van der Waals surface area contributed by atoms with Gasteiger partial charge < -0.3 is 28.1 Å². The molecule has 40 heavy (non-hydrogen) atoms. The molecule has 3 aromatic carbocycles. The van der Waals surface area contributed by atoms with Crippen LogP contribution >= 0.6 is 0 Å². The summed E-state index contributed by atoms with van der Waals surface area (Å²) in [6.45, 7) is 0.453. The van der Waals surface area contributed by atoms with E-state index in [1.807, 2.05) is 42.5 Å². The van der Waals surface area contributed by atoms with Gasteiger partial charge in [-0.3, -0.25) is 9.59 Å². The van der Waals surface area contributed by atoms with Crippen molar-refractivity contribution in [3.63, 3.8) is 0 Å². The summed E-state index contributed by atoms with van der Waals surface area (Å²) in [4.78, 5) is 25.7. The van der Waals surface area contributed by atoms with E-state index in [0.717, 1.165) is 16.9 Å². The smallest absolute Gasteiger partial charge is 0.312 e. The van der Waals surface area contributed by atoms with Gasteiger partial charge in [-0.2, -0.15) is 0 Å². The molecule has 0 aliphatic carbocycles. The molecule has 4 aromatic rings. The molecule has 0 fully saturated rings. The molecule has 1 atom stereocenters. The molecule has 0 N–H and O–H groups in total. The summed E-state index contributed by atoms with van der Waals surface area (Å²) in [6.07, 6.45) is 3.87. The summed E-state index contributed by atoms with van der Waals surface area (Å²) in [5.74, 6) is 2.29. The van der Waals surface area contributed by atoms with Crippen LogP contribution in [0.1, 0.15) is 45.1 Å². The standard InChI is InChI=1S/C32H26O8/c1-35-21-8-5-19(6-9-21)13-15-38-25-11-7-20(16-27(25)36-2)24-18-29(33)39-26-12-10-23-31(34)28(40-32(23)30(24)26)17-22-4-3-14-37-22/h3-12,14,16-17,24H,13,15,18H2,1-2H3/b28-17-. The predicted molar refractivity (Wildman–Crippen MR) is 145 cm³/mol. The number of hydrogen-bond acceptors (Lipinski definition) is 8. The minimum Gasteiger partial charge on any atom is -0.497 e. The average Bonchev–Trinajstić information content (AvgIpc) is 3.60. The third-order valence-corrected chi connectivity index (χ3v) is 6.99. The topological polar surface area (TPSA) is 93.4 Å². The van der Waals surface area contributed by atoms with Crippen molar-refractivity contribution in [2.24, 2.45) is 0 Å². The molecule has 6 rings (SSSR count). The maximum atomic E-state index is 13.1. The number of esters is 1. The fraction of sp³-hybridized carbons (Fsp3) is 0.188. The number of Topliss-reactive ketones (excluding diaryl/α,β-unsaturated/α-hetero) is 1. The van der Waals surface area contributed by atoms with Crippen molar-refractivity contribution in [3.8, 4) is 28.7 Å². The van der Waals surface area contributed by atoms with Gasteiger partial charge in [0.2, 0.25) is 5.78 Å². The van der Waals surface area contributed by atoms with E-state index in [1.165, 1.54) is 6.26 Å². The number of carbonyl (C=O) groups is 2. The van der Waals surface area contributed by atoms with Gasteiger partial charge in [0.1, 0.15) is 23.0 Å². The number of ketones is 1. The molecule has 1 unspecified atom stereocenters. The van der Waals surface area contributed by atoms with Crippen molar-refractivity contribution in [2.45, 2.75) is 18.8 Å². The van der Waals surface area contributed by atoms with Gasteiger partial charge in [0, 0.05) is 24.0 Å². The van der Waals surface area contributed by atoms with Gasteiger partial charge in [0.05, 0.1) is 39.1 Å². The third kappa shape index (κ3) is 4.80. The van der Waals surface area contributed by atoms with Crippen LogP contribution in [0.5, 0.6) is 28.7 Å². The Morgan fingerprint density at radius 2 is 1.77 bits per heavy atom. The molecule has 8 nitrogen and oxygen atoms in total. The first kappa shape index (κ1) is 25.3. The molecule has 2 aliphatic heterocycles. The minimum absolute atomic E-state index is 0.0824. The van der Waals surface area contributed by atoms with E-state index in [1.54, 1.807) is 44.6 Å². The molecule has 202 valence electrons. The van der Waals surface area contributed by atoms with E-state index in [0.29, 0.717) is 52.9 Å². The SMILES string of the molecule is COc1ccc(CCOc2ccc(C3CC(=O)Oc4ccc5c(c43)O/C(=C\c3ccco3)C5=O)cc2OC)cc1. The van der Waals surface area contributed by atoms with Gasteiger partial charge in [0.15, 0.2) is 17.3 Å². The monoisotopic (exact) mass is 538 g/mol. The summed E-state index contributed by atoms with van der Waals surface area (Å²) in [5.41, 5.74) is 2.98. The number of ether oxygens (including phenoxy) is 5. The van der Waals surface area contributed by atoms with Gasteiger partial charge in [-0.1, -0.05) is 18.2 Å². The maximum Gasteiger partial charge on any atom is 0.312 e. The summed E-state index contributed by atoms with van der Waals surface area (Å²) < 4.78 is 33.9. The molecule has 0 amide bonds. The molecule has 3 heterocycles. The fourth-order valence-electron chi connectivity index (χ4n) is 4.98. The van der Waals surface area contributed by atoms with Crippen molar-refractivity contribution in [3.05, 3.63) is 107 Å². The Morgan fingerprint density at radius 3 is 2.52 bits per heavy atom. The number of furan rings is 1. The molecule has 0 saturated heterocycles. The van der Waals surface area contributed by atoms with Crippen LogP contribution in [0.2, 0.25) is 0 Å². The highest BCUT2D eigenvalue weighted by Gasteiger charge is 2.38. The second kappa shape index (κ2) is 10.6. The van der Waals surface area contributed by atoms with Gasteiger partial charge >= 0.3 is 5.97 Å². The number of fused-ring (bicyclic) bond motifs is 3.